The number of nitrogens with two attached hydrogens (primary N) is 1. The summed E-state index contributed by atoms with van der Waals surface area (Å²) in [5.41, 5.74) is 4.53. The molecule has 1 rings (SSSR count). The predicted molar refractivity (Wildman–Crippen MR) is 74.0 cm³/mol. The summed E-state index contributed by atoms with van der Waals surface area (Å²) in [6.45, 7) is 2.29. The highest BCUT2D eigenvalue weighted by Crippen LogP contribution is 2.18. The highest BCUT2D eigenvalue weighted by molar-refractivity contribution is 7.90. The van der Waals surface area contributed by atoms with Crippen LogP contribution >= 0.6 is 0 Å². The summed E-state index contributed by atoms with van der Waals surface area (Å²) in [4.78, 5) is 0.235. The van der Waals surface area contributed by atoms with Crippen LogP contribution < -0.4 is 10.5 Å². The van der Waals surface area contributed by atoms with Gasteiger partial charge in [0.25, 0.3) is 0 Å². The van der Waals surface area contributed by atoms with Crippen molar-refractivity contribution in [3.05, 3.63) is 24.3 Å². The van der Waals surface area contributed by atoms with Crippen LogP contribution in [0.1, 0.15) is 19.8 Å². The molecule has 5 nitrogen and oxygen atoms in total. The topological polar surface area (TPSA) is 89.6 Å². The summed E-state index contributed by atoms with van der Waals surface area (Å²) < 4.78 is 28.2. The highest BCUT2D eigenvalue weighted by atomic mass is 32.2. The number of hydrogen-bond donors (Lipinski definition) is 2. The Balaban J connectivity index is 2.51. The van der Waals surface area contributed by atoms with Gasteiger partial charge in [0.2, 0.25) is 0 Å². The van der Waals surface area contributed by atoms with Crippen molar-refractivity contribution < 1.29 is 18.3 Å². The van der Waals surface area contributed by atoms with Crippen molar-refractivity contribution in [3.63, 3.8) is 0 Å². The lowest BCUT2D eigenvalue weighted by atomic mass is 10.0. The first-order valence-electron chi connectivity index (χ1n) is 6.10. The van der Waals surface area contributed by atoms with Crippen LogP contribution in [0.25, 0.3) is 0 Å². The molecule has 1 aromatic rings. The summed E-state index contributed by atoms with van der Waals surface area (Å²) in [7, 11) is -3.22. The van der Waals surface area contributed by atoms with Crippen LogP contribution in [0.5, 0.6) is 5.75 Å². The fourth-order valence-electron chi connectivity index (χ4n) is 1.54. The Hall–Kier alpha value is -1.11. The Morgan fingerprint density at radius 3 is 2.68 bits per heavy atom. The summed E-state index contributed by atoms with van der Waals surface area (Å²) in [6.07, 6.45) is 2.34. The first-order chi connectivity index (χ1) is 8.74. The molecule has 0 fully saturated rings. The number of aliphatic hydroxyl groups is 1. The SMILES string of the molecule is CC(O)(CN)CCCOc1cccc(S(C)(=O)=O)c1. The summed E-state index contributed by atoms with van der Waals surface area (Å²) in [5.74, 6) is 0.510. The van der Waals surface area contributed by atoms with Crippen molar-refractivity contribution in [2.24, 2.45) is 5.73 Å². The largest absolute Gasteiger partial charge is 0.494 e. The fraction of sp³-hybridized carbons (Fsp3) is 0.538. The maximum atomic E-state index is 11.4. The van der Waals surface area contributed by atoms with Gasteiger partial charge in [0.1, 0.15) is 5.75 Å². The Morgan fingerprint density at radius 1 is 1.42 bits per heavy atom. The number of hydrogen-bond acceptors (Lipinski definition) is 5. The molecule has 1 unspecified atom stereocenters. The van der Waals surface area contributed by atoms with E-state index in [-0.39, 0.29) is 11.4 Å². The van der Waals surface area contributed by atoms with E-state index < -0.39 is 15.4 Å². The van der Waals surface area contributed by atoms with Crippen molar-refractivity contribution >= 4 is 9.84 Å². The van der Waals surface area contributed by atoms with Gasteiger partial charge in [-0.1, -0.05) is 6.07 Å². The summed E-state index contributed by atoms with van der Waals surface area (Å²) >= 11 is 0. The lowest BCUT2D eigenvalue weighted by molar-refractivity contribution is 0.0536. The van der Waals surface area contributed by atoms with E-state index in [0.717, 1.165) is 6.26 Å². The molecule has 0 heterocycles. The molecule has 1 atom stereocenters. The standard InChI is InChI=1S/C13H21NO4S/c1-13(15,10-14)7-4-8-18-11-5-3-6-12(9-11)19(2,16)17/h3,5-6,9,15H,4,7-8,10,14H2,1-2H3. The smallest absolute Gasteiger partial charge is 0.175 e. The van der Waals surface area contributed by atoms with Gasteiger partial charge in [-0.15, -0.1) is 0 Å². The predicted octanol–water partition coefficient (Wildman–Crippen LogP) is 0.959. The van der Waals surface area contributed by atoms with Gasteiger partial charge in [0, 0.05) is 12.8 Å². The van der Waals surface area contributed by atoms with Gasteiger partial charge in [0.15, 0.2) is 9.84 Å². The molecule has 0 radical (unpaired) electrons. The average molecular weight is 287 g/mol. The summed E-state index contributed by atoms with van der Waals surface area (Å²) in [6, 6.07) is 6.37. The molecule has 3 N–H and O–H groups in total. The highest BCUT2D eigenvalue weighted by Gasteiger charge is 2.17. The third kappa shape index (κ3) is 5.59. The van der Waals surface area contributed by atoms with Crippen LogP contribution in [0.4, 0.5) is 0 Å². The fourth-order valence-corrected chi connectivity index (χ4v) is 2.20. The average Bonchev–Trinajstić information content (AvgIpc) is 2.34. The van der Waals surface area contributed by atoms with Crippen LogP contribution in [0.2, 0.25) is 0 Å². The van der Waals surface area contributed by atoms with E-state index >= 15 is 0 Å². The second-order valence-electron chi connectivity index (χ2n) is 4.90. The molecule has 0 aliphatic heterocycles. The van der Waals surface area contributed by atoms with Gasteiger partial charge in [-0.3, -0.25) is 0 Å². The molecule has 0 amide bonds. The van der Waals surface area contributed by atoms with E-state index in [1.165, 1.54) is 12.1 Å². The van der Waals surface area contributed by atoms with Gasteiger partial charge in [0.05, 0.1) is 17.1 Å². The minimum atomic E-state index is -3.22. The Kier molecular flexibility index (Phi) is 5.34. The lowest BCUT2D eigenvalue weighted by Gasteiger charge is -2.20. The van der Waals surface area contributed by atoms with Crippen LogP contribution in [-0.4, -0.2) is 38.5 Å². The van der Waals surface area contributed by atoms with E-state index in [9.17, 15) is 13.5 Å². The minimum absolute atomic E-state index is 0.205. The third-order valence-electron chi connectivity index (χ3n) is 2.80. The molecule has 1 aromatic carbocycles. The zero-order chi connectivity index (χ0) is 14.5. The molecule has 0 aromatic heterocycles. The molecule has 6 heteroatoms. The number of ether oxygens (including phenoxy) is 1. The van der Waals surface area contributed by atoms with E-state index in [0.29, 0.717) is 25.2 Å². The zero-order valence-corrected chi connectivity index (χ0v) is 12.1. The van der Waals surface area contributed by atoms with Crippen molar-refractivity contribution in [3.8, 4) is 5.75 Å². The molecule has 0 spiro atoms. The summed E-state index contributed by atoms with van der Waals surface area (Å²) in [5, 5.41) is 9.71. The van der Waals surface area contributed by atoms with Gasteiger partial charge in [-0.2, -0.15) is 0 Å². The normalized spacial score (nSPS) is 14.9. The van der Waals surface area contributed by atoms with E-state index in [1.54, 1.807) is 19.1 Å². The Morgan fingerprint density at radius 2 is 2.11 bits per heavy atom. The van der Waals surface area contributed by atoms with Gasteiger partial charge in [-0.05, 0) is 38.0 Å². The third-order valence-corrected chi connectivity index (χ3v) is 3.91. The molecule has 0 aliphatic rings. The monoisotopic (exact) mass is 287 g/mol. The van der Waals surface area contributed by atoms with Gasteiger partial charge in [-0.25, -0.2) is 8.42 Å². The molecule has 19 heavy (non-hydrogen) atoms. The van der Waals surface area contributed by atoms with Gasteiger partial charge >= 0.3 is 0 Å². The zero-order valence-electron chi connectivity index (χ0n) is 11.3. The van der Waals surface area contributed by atoms with Crippen molar-refractivity contribution in [1.82, 2.24) is 0 Å². The van der Waals surface area contributed by atoms with E-state index in [1.807, 2.05) is 0 Å². The quantitative estimate of drug-likeness (QED) is 0.729. The molecular weight excluding hydrogens is 266 g/mol. The molecule has 0 saturated carbocycles. The maximum Gasteiger partial charge on any atom is 0.175 e. The first kappa shape index (κ1) is 15.9. The van der Waals surface area contributed by atoms with Crippen molar-refractivity contribution in [1.29, 1.82) is 0 Å². The molecule has 0 saturated heterocycles. The van der Waals surface area contributed by atoms with Gasteiger partial charge < -0.3 is 15.6 Å². The van der Waals surface area contributed by atoms with Crippen LogP contribution in [0.3, 0.4) is 0 Å². The first-order valence-corrected chi connectivity index (χ1v) is 7.99. The Labute approximate surface area is 114 Å². The number of rotatable bonds is 7. The molecule has 0 aliphatic carbocycles. The Bertz CT molecular complexity index is 511. The van der Waals surface area contributed by atoms with Crippen LogP contribution in [-0.2, 0) is 9.84 Å². The second kappa shape index (κ2) is 6.36. The molecule has 108 valence electrons. The van der Waals surface area contributed by atoms with Crippen LogP contribution in [0, 0.1) is 0 Å². The van der Waals surface area contributed by atoms with Crippen molar-refractivity contribution in [2.45, 2.75) is 30.3 Å². The van der Waals surface area contributed by atoms with Crippen molar-refractivity contribution in [2.75, 3.05) is 19.4 Å². The lowest BCUT2D eigenvalue weighted by Crippen LogP contribution is -2.34. The second-order valence-corrected chi connectivity index (χ2v) is 6.92. The molecule has 0 bridgehead atoms. The number of sulfone groups is 1. The van der Waals surface area contributed by atoms with E-state index in [4.69, 9.17) is 10.5 Å². The minimum Gasteiger partial charge on any atom is -0.494 e. The molecular formula is C13H21NO4S. The van der Waals surface area contributed by atoms with Crippen LogP contribution in [0.15, 0.2) is 29.2 Å². The number of benzene rings is 1. The van der Waals surface area contributed by atoms with E-state index in [2.05, 4.69) is 0 Å². The maximum absolute atomic E-state index is 11.4.